The molecule has 0 radical (unpaired) electrons. The van der Waals surface area contributed by atoms with Crippen LogP contribution >= 0.6 is 11.8 Å². The first kappa shape index (κ1) is 14.7. The highest BCUT2D eigenvalue weighted by Crippen LogP contribution is 2.08. The number of aliphatic carboxylic acids is 1. The molecule has 1 aliphatic heterocycles. The van der Waals surface area contributed by atoms with Gasteiger partial charge in [-0.2, -0.15) is 11.8 Å². The summed E-state index contributed by atoms with van der Waals surface area (Å²) in [6, 6.07) is 0. The molecule has 0 aliphatic carbocycles. The summed E-state index contributed by atoms with van der Waals surface area (Å²) in [5, 5.41) is 7.23. The number of rotatable bonds is 6. The average molecular weight is 282 g/mol. The molecule has 1 saturated heterocycles. The van der Waals surface area contributed by atoms with Crippen molar-refractivity contribution in [1.29, 1.82) is 0 Å². The van der Waals surface area contributed by atoms with E-state index in [1.165, 1.54) is 6.92 Å². The van der Waals surface area contributed by atoms with Gasteiger partial charge in [0.1, 0.15) is 0 Å². The Hall–Kier alpha value is -0.310. The van der Waals surface area contributed by atoms with E-state index in [2.05, 4.69) is 9.62 Å². The van der Waals surface area contributed by atoms with E-state index in [1.807, 2.05) is 11.8 Å². The molecule has 1 atom stereocenters. The van der Waals surface area contributed by atoms with Crippen LogP contribution in [0.3, 0.4) is 0 Å². The van der Waals surface area contributed by atoms with Crippen LogP contribution in [0.25, 0.3) is 0 Å². The maximum atomic E-state index is 11.5. The van der Waals surface area contributed by atoms with E-state index in [-0.39, 0.29) is 6.54 Å². The van der Waals surface area contributed by atoms with E-state index in [0.29, 0.717) is 6.54 Å². The van der Waals surface area contributed by atoms with E-state index >= 15 is 0 Å². The zero-order chi connectivity index (χ0) is 12.9. The summed E-state index contributed by atoms with van der Waals surface area (Å²) in [4.78, 5) is 12.7. The minimum absolute atomic E-state index is 0.268. The number of carbonyl (C=O) groups is 1. The van der Waals surface area contributed by atoms with Gasteiger partial charge in [-0.3, -0.25) is 4.79 Å². The molecule has 1 unspecified atom stereocenters. The number of sulfonamides is 1. The third kappa shape index (κ3) is 4.82. The molecule has 100 valence electrons. The summed E-state index contributed by atoms with van der Waals surface area (Å²) in [7, 11) is -3.74. The van der Waals surface area contributed by atoms with E-state index in [4.69, 9.17) is 5.11 Å². The highest BCUT2D eigenvalue weighted by Gasteiger charge is 2.27. The van der Waals surface area contributed by atoms with Crippen LogP contribution in [0.5, 0.6) is 0 Å². The van der Waals surface area contributed by atoms with E-state index in [1.54, 1.807) is 0 Å². The predicted octanol–water partition coefficient (Wildman–Crippen LogP) is -0.572. The quantitative estimate of drug-likeness (QED) is 0.678. The zero-order valence-electron chi connectivity index (χ0n) is 9.76. The molecule has 0 spiro atoms. The first-order valence-corrected chi connectivity index (χ1v) is 8.15. The Kier molecular flexibility index (Phi) is 5.71. The molecular weight excluding hydrogens is 264 g/mol. The lowest BCUT2D eigenvalue weighted by Gasteiger charge is -2.26. The second kappa shape index (κ2) is 6.58. The van der Waals surface area contributed by atoms with Gasteiger partial charge in [-0.25, -0.2) is 13.1 Å². The average Bonchev–Trinajstić information content (AvgIpc) is 2.29. The SMILES string of the molecule is CC(C(=O)O)S(=O)(=O)NCCN1CCSCC1. The van der Waals surface area contributed by atoms with Crippen LogP contribution in [-0.2, 0) is 14.8 Å². The molecule has 1 heterocycles. The van der Waals surface area contributed by atoms with E-state index in [9.17, 15) is 13.2 Å². The van der Waals surface area contributed by atoms with Gasteiger partial charge < -0.3 is 10.0 Å². The summed E-state index contributed by atoms with van der Waals surface area (Å²) >= 11 is 1.89. The van der Waals surface area contributed by atoms with Crippen LogP contribution in [0.1, 0.15) is 6.92 Å². The molecule has 6 nitrogen and oxygen atoms in total. The Morgan fingerprint density at radius 2 is 2.06 bits per heavy atom. The molecule has 17 heavy (non-hydrogen) atoms. The van der Waals surface area contributed by atoms with Gasteiger partial charge in [0.2, 0.25) is 10.0 Å². The molecule has 0 amide bonds. The van der Waals surface area contributed by atoms with Crippen molar-refractivity contribution in [2.45, 2.75) is 12.2 Å². The van der Waals surface area contributed by atoms with Gasteiger partial charge >= 0.3 is 5.97 Å². The number of hydrogen-bond donors (Lipinski definition) is 2. The molecule has 0 saturated carbocycles. The standard InChI is InChI=1S/C9H18N2O4S2/c1-8(9(12)13)17(14,15)10-2-3-11-4-6-16-7-5-11/h8,10H,2-7H2,1H3,(H,12,13). The van der Waals surface area contributed by atoms with Gasteiger partial charge in [-0.1, -0.05) is 0 Å². The fraction of sp³-hybridized carbons (Fsp3) is 0.889. The molecule has 0 aromatic carbocycles. The van der Waals surface area contributed by atoms with Crippen molar-refractivity contribution < 1.29 is 18.3 Å². The molecule has 1 rings (SSSR count). The first-order valence-electron chi connectivity index (χ1n) is 5.45. The second-order valence-electron chi connectivity index (χ2n) is 3.87. The number of carboxylic acid groups (broad SMARTS) is 1. The Balaban J connectivity index is 2.32. The summed E-state index contributed by atoms with van der Waals surface area (Å²) in [5.41, 5.74) is 0. The third-order valence-corrected chi connectivity index (χ3v) is 5.33. The Morgan fingerprint density at radius 3 is 2.59 bits per heavy atom. The smallest absolute Gasteiger partial charge is 0.323 e. The van der Waals surface area contributed by atoms with Gasteiger partial charge in [0.05, 0.1) is 0 Å². The number of hydrogen-bond acceptors (Lipinski definition) is 5. The molecule has 0 bridgehead atoms. The fourth-order valence-electron chi connectivity index (χ4n) is 1.43. The molecule has 0 aromatic heterocycles. The van der Waals surface area contributed by atoms with Crippen molar-refractivity contribution in [3.8, 4) is 0 Å². The molecule has 1 fully saturated rings. The van der Waals surface area contributed by atoms with Crippen LogP contribution in [0.2, 0.25) is 0 Å². The normalized spacial score (nSPS) is 20.1. The van der Waals surface area contributed by atoms with Crippen LogP contribution in [-0.4, -0.2) is 67.3 Å². The molecular formula is C9H18N2O4S2. The minimum atomic E-state index is -3.74. The van der Waals surface area contributed by atoms with Gasteiger partial charge in [0.15, 0.2) is 5.25 Å². The van der Waals surface area contributed by atoms with Crippen LogP contribution in [0.4, 0.5) is 0 Å². The molecule has 2 N–H and O–H groups in total. The van der Waals surface area contributed by atoms with Crippen LogP contribution in [0, 0.1) is 0 Å². The summed E-state index contributed by atoms with van der Waals surface area (Å²) < 4.78 is 25.3. The van der Waals surface area contributed by atoms with Gasteiger partial charge in [-0.05, 0) is 6.92 Å². The number of thioether (sulfide) groups is 1. The monoisotopic (exact) mass is 282 g/mol. The van der Waals surface area contributed by atoms with Crippen molar-refractivity contribution in [1.82, 2.24) is 9.62 Å². The van der Waals surface area contributed by atoms with E-state index < -0.39 is 21.2 Å². The van der Waals surface area contributed by atoms with E-state index in [0.717, 1.165) is 24.6 Å². The Labute approximate surface area is 106 Å². The zero-order valence-corrected chi connectivity index (χ0v) is 11.4. The largest absolute Gasteiger partial charge is 0.480 e. The van der Waals surface area contributed by atoms with Crippen molar-refractivity contribution in [2.75, 3.05) is 37.7 Å². The summed E-state index contributed by atoms with van der Waals surface area (Å²) in [6.45, 7) is 3.99. The highest BCUT2D eigenvalue weighted by atomic mass is 32.2. The molecule has 8 heteroatoms. The molecule has 0 aromatic rings. The molecule has 1 aliphatic rings. The Bertz CT molecular complexity index is 352. The lowest BCUT2D eigenvalue weighted by atomic mass is 10.5. The lowest BCUT2D eigenvalue weighted by molar-refractivity contribution is -0.136. The lowest BCUT2D eigenvalue weighted by Crippen LogP contribution is -2.43. The number of nitrogens with one attached hydrogen (secondary N) is 1. The van der Waals surface area contributed by atoms with Crippen molar-refractivity contribution in [3.05, 3.63) is 0 Å². The first-order chi connectivity index (χ1) is 7.93. The maximum Gasteiger partial charge on any atom is 0.323 e. The van der Waals surface area contributed by atoms with Crippen LogP contribution in [0.15, 0.2) is 0 Å². The Morgan fingerprint density at radius 1 is 1.47 bits per heavy atom. The number of nitrogens with zero attached hydrogens (tertiary/aromatic N) is 1. The van der Waals surface area contributed by atoms with Crippen LogP contribution < -0.4 is 4.72 Å². The summed E-state index contributed by atoms with van der Waals surface area (Å²) in [5.74, 6) is 0.809. The van der Waals surface area contributed by atoms with Gasteiger partial charge in [-0.15, -0.1) is 0 Å². The van der Waals surface area contributed by atoms with Gasteiger partial charge in [0.25, 0.3) is 0 Å². The third-order valence-electron chi connectivity index (χ3n) is 2.65. The topological polar surface area (TPSA) is 86.7 Å². The van der Waals surface area contributed by atoms with Gasteiger partial charge in [0, 0.05) is 37.7 Å². The fourth-order valence-corrected chi connectivity index (χ4v) is 3.30. The second-order valence-corrected chi connectivity index (χ2v) is 7.18. The van der Waals surface area contributed by atoms with Crippen molar-refractivity contribution in [2.24, 2.45) is 0 Å². The minimum Gasteiger partial charge on any atom is -0.480 e. The maximum absolute atomic E-state index is 11.5. The summed E-state index contributed by atoms with van der Waals surface area (Å²) in [6.07, 6.45) is 0. The predicted molar refractivity (Wildman–Crippen MR) is 67.8 cm³/mol. The van der Waals surface area contributed by atoms with Crippen molar-refractivity contribution in [3.63, 3.8) is 0 Å². The number of carboxylic acids is 1. The van der Waals surface area contributed by atoms with Crippen molar-refractivity contribution >= 4 is 27.8 Å². The highest BCUT2D eigenvalue weighted by molar-refractivity contribution is 7.99.